The van der Waals surface area contributed by atoms with Crippen LogP contribution in [0.25, 0.3) is 22.4 Å². The molecule has 10 nitrogen and oxygen atoms in total. The van der Waals surface area contributed by atoms with Crippen molar-refractivity contribution >= 4 is 22.4 Å². The molecule has 0 aliphatic rings. The molecule has 130 valence electrons. The van der Waals surface area contributed by atoms with Crippen LogP contribution in [-0.4, -0.2) is 36.2 Å². The first-order valence-electron chi connectivity index (χ1n) is 7.58. The fraction of sp³-hybridized carbons (Fsp3) is 0.125. The Kier molecular flexibility index (Phi) is 3.66. The Morgan fingerprint density at radius 3 is 2.92 bits per heavy atom. The zero-order valence-corrected chi connectivity index (χ0v) is 13.6. The third-order valence-corrected chi connectivity index (χ3v) is 3.87. The van der Waals surface area contributed by atoms with Gasteiger partial charge in [-0.1, -0.05) is 6.07 Å². The summed E-state index contributed by atoms with van der Waals surface area (Å²) in [5.41, 5.74) is 0.478. The first-order valence-corrected chi connectivity index (χ1v) is 7.58. The summed E-state index contributed by atoms with van der Waals surface area (Å²) in [5.74, 6) is 0.812. The van der Waals surface area contributed by atoms with E-state index >= 15 is 0 Å². The van der Waals surface area contributed by atoms with E-state index in [9.17, 15) is 14.9 Å². The molecule has 0 spiro atoms. The summed E-state index contributed by atoms with van der Waals surface area (Å²) in [6, 6.07) is 7.55. The average Bonchev–Trinajstić information content (AvgIpc) is 3.05. The summed E-state index contributed by atoms with van der Waals surface area (Å²) in [4.78, 5) is 31.7. The van der Waals surface area contributed by atoms with E-state index in [1.807, 2.05) is 0 Å². The van der Waals surface area contributed by atoms with Gasteiger partial charge in [0.05, 0.1) is 21.5 Å². The average molecular weight is 352 g/mol. The highest BCUT2D eigenvalue weighted by Crippen LogP contribution is 2.17. The third kappa shape index (κ3) is 2.48. The summed E-state index contributed by atoms with van der Waals surface area (Å²) in [6.45, 7) is 0.232. The quantitative estimate of drug-likeness (QED) is 0.403. The van der Waals surface area contributed by atoms with Gasteiger partial charge in [0.25, 0.3) is 17.0 Å². The number of pyridine rings is 1. The second kappa shape index (κ2) is 6.01. The lowest BCUT2D eigenvalue weighted by Gasteiger charge is -2.07. The molecule has 0 saturated carbocycles. The molecule has 0 atom stereocenters. The van der Waals surface area contributed by atoms with Crippen LogP contribution in [0.5, 0.6) is 0 Å². The molecule has 26 heavy (non-hydrogen) atoms. The van der Waals surface area contributed by atoms with Crippen LogP contribution in [0.15, 0.2) is 47.5 Å². The highest BCUT2D eigenvalue weighted by Gasteiger charge is 2.13. The molecule has 4 rings (SSSR count). The maximum atomic E-state index is 12.9. The molecule has 1 aromatic carbocycles. The van der Waals surface area contributed by atoms with Gasteiger partial charge in [0.15, 0.2) is 5.82 Å². The predicted octanol–water partition coefficient (Wildman–Crippen LogP) is 1.48. The highest BCUT2D eigenvalue weighted by atomic mass is 16.6. The molecule has 0 aliphatic carbocycles. The van der Waals surface area contributed by atoms with Crippen LogP contribution in [0.4, 0.5) is 5.69 Å². The second-order valence-corrected chi connectivity index (χ2v) is 5.50. The summed E-state index contributed by atoms with van der Waals surface area (Å²) in [7, 11) is 1.54. The van der Waals surface area contributed by atoms with Crippen molar-refractivity contribution in [1.82, 2.24) is 24.1 Å². The first-order chi connectivity index (χ1) is 12.6. The minimum atomic E-state index is -0.507. The number of hydrogen-bond donors (Lipinski definition) is 0. The van der Waals surface area contributed by atoms with Crippen molar-refractivity contribution in [1.29, 1.82) is 0 Å². The molecular weight excluding hydrogens is 340 g/mol. The molecule has 0 N–H and O–H groups in total. The van der Waals surface area contributed by atoms with Gasteiger partial charge in [-0.15, -0.1) is 5.10 Å². The lowest BCUT2D eigenvalue weighted by atomic mass is 10.2. The zero-order chi connectivity index (χ0) is 18.3. The monoisotopic (exact) mass is 352 g/mol. The number of nitrogens with zero attached hydrogens (tertiary/aromatic N) is 6. The Labute approximate surface area is 145 Å². The molecule has 0 unspecified atom stereocenters. The molecule has 3 aromatic heterocycles. The number of aromatic nitrogens is 5. The van der Waals surface area contributed by atoms with Gasteiger partial charge in [0.2, 0.25) is 0 Å². The normalized spacial score (nSPS) is 11.3. The fourth-order valence-electron chi connectivity index (χ4n) is 2.71. The Bertz CT molecular complexity index is 1210. The number of hydrogen-bond acceptors (Lipinski definition) is 7. The van der Waals surface area contributed by atoms with Crippen molar-refractivity contribution in [2.75, 3.05) is 7.11 Å². The van der Waals surface area contributed by atoms with E-state index in [1.165, 1.54) is 40.6 Å². The Morgan fingerprint density at radius 1 is 1.31 bits per heavy atom. The van der Waals surface area contributed by atoms with Crippen LogP contribution in [0, 0.1) is 10.1 Å². The van der Waals surface area contributed by atoms with Crippen molar-refractivity contribution in [3.63, 3.8) is 0 Å². The first kappa shape index (κ1) is 15.8. The van der Waals surface area contributed by atoms with Gasteiger partial charge in [-0.3, -0.25) is 19.5 Å². The SMILES string of the molecule is COCc1nc2ncc3c(=O)n(-c4cccc([N+](=O)[O-])c4)ccc3n2n1. The number of rotatable bonds is 4. The molecule has 3 heterocycles. The topological polar surface area (TPSA) is 117 Å². The molecule has 0 aliphatic heterocycles. The lowest BCUT2D eigenvalue weighted by molar-refractivity contribution is -0.384. The number of benzene rings is 1. The van der Waals surface area contributed by atoms with Crippen molar-refractivity contribution < 1.29 is 9.66 Å². The Morgan fingerprint density at radius 2 is 2.15 bits per heavy atom. The van der Waals surface area contributed by atoms with E-state index in [0.29, 0.717) is 28.2 Å². The van der Waals surface area contributed by atoms with Gasteiger partial charge < -0.3 is 4.74 Å². The van der Waals surface area contributed by atoms with Crippen molar-refractivity contribution in [2.45, 2.75) is 6.61 Å². The highest BCUT2D eigenvalue weighted by molar-refractivity contribution is 5.79. The Hall–Kier alpha value is -3.66. The smallest absolute Gasteiger partial charge is 0.271 e. The Balaban J connectivity index is 1.92. The number of methoxy groups -OCH3 is 1. The predicted molar refractivity (Wildman–Crippen MR) is 91.3 cm³/mol. The number of nitro groups is 1. The number of non-ortho nitro benzene ring substituents is 1. The molecule has 0 radical (unpaired) electrons. The zero-order valence-electron chi connectivity index (χ0n) is 13.6. The van der Waals surface area contributed by atoms with E-state index in [1.54, 1.807) is 18.3 Å². The second-order valence-electron chi connectivity index (χ2n) is 5.50. The van der Waals surface area contributed by atoms with Gasteiger partial charge in [-0.25, -0.2) is 4.98 Å². The molecule has 4 aromatic rings. The summed E-state index contributed by atoms with van der Waals surface area (Å²) < 4.78 is 7.82. The summed E-state index contributed by atoms with van der Waals surface area (Å²) >= 11 is 0. The van der Waals surface area contributed by atoms with Gasteiger partial charge in [0, 0.05) is 31.6 Å². The molecule has 0 saturated heterocycles. The maximum Gasteiger partial charge on any atom is 0.271 e. The van der Waals surface area contributed by atoms with Gasteiger partial charge in [0.1, 0.15) is 6.61 Å². The minimum absolute atomic E-state index is 0.0939. The van der Waals surface area contributed by atoms with E-state index < -0.39 is 4.92 Å². The van der Waals surface area contributed by atoms with Crippen LogP contribution in [0.1, 0.15) is 5.82 Å². The van der Waals surface area contributed by atoms with Crippen molar-refractivity contribution in [3.05, 3.63) is 69.0 Å². The standard InChI is InChI=1S/C16H12N6O4/c1-26-9-14-18-16-17-8-12-13(21(16)19-14)5-6-20(15(12)23)10-3-2-4-11(7-10)22(24)25/h2-8H,9H2,1H3. The van der Waals surface area contributed by atoms with Crippen LogP contribution in [0.2, 0.25) is 0 Å². The van der Waals surface area contributed by atoms with Crippen LogP contribution < -0.4 is 5.56 Å². The molecule has 10 heteroatoms. The van der Waals surface area contributed by atoms with Crippen molar-refractivity contribution in [2.24, 2.45) is 0 Å². The molecular formula is C16H12N6O4. The molecule has 0 amide bonds. The van der Waals surface area contributed by atoms with Crippen LogP contribution in [0.3, 0.4) is 0 Å². The van der Waals surface area contributed by atoms with E-state index in [2.05, 4.69) is 15.1 Å². The van der Waals surface area contributed by atoms with Gasteiger partial charge in [-0.2, -0.15) is 9.50 Å². The largest absolute Gasteiger partial charge is 0.377 e. The summed E-state index contributed by atoms with van der Waals surface area (Å²) in [5, 5.41) is 15.6. The van der Waals surface area contributed by atoms with E-state index in [4.69, 9.17) is 4.74 Å². The third-order valence-electron chi connectivity index (χ3n) is 3.87. The number of nitro benzene ring substituents is 1. The maximum absolute atomic E-state index is 12.9. The van der Waals surface area contributed by atoms with Crippen LogP contribution in [-0.2, 0) is 11.3 Å². The van der Waals surface area contributed by atoms with Gasteiger partial charge in [-0.05, 0) is 12.1 Å². The number of ether oxygens (including phenoxy) is 1. The summed E-state index contributed by atoms with van der Waals surface area (Å²) in [6.07, 6.45) is 2.97. The van der Waals surface area contributed by atoms with E-state index in [-0.39, 0.29) is 17.9 Å². The lowest BCUT2D eigenvalue weighted by Crippen LogP contribution is -2.19. The molecule has 0 fully saturated rings. The fourth-order valence-corrected chi connectivity index (χ4v) is 2.71. The van der Waals surface area contributed by atoms with Crippen LogP contribution >= 0.6 is 0 Å². The van der Waals surface area contributed by atoms with Gasteiger partial charge >= 0.3 is 0 Å². The molecule has 0 bridgehead atoms. The minimum Gasteiger partial charge on any atom is -0.377 e. The number of fused-ring (bicyclic) bond motifs is 3. The van der Waals surface area contributed by atoms with E-state index in [0.717, 1.165) is 0 Å². The van der Waals surface area contributed by atoms with Crippen molar-refractivity contribution in [3.8, 4) is 5.69 Å².